The van der Waals surface area contributed by atoms with Crippen LogP contribution in [0.2, 0.25) is 0 Å². The Morgan fingerprint density at radius 3 is 2.56 bits per heavy atom. The lowest BCUT2D eigenvalue weighted by Crippen LogP contribution is -2.49. The number of carbonyl (C=O) groups is 2. The number of thiocarbonyl (C=S) groups is 1. The van der Waals surface area contributed by atoms with Gasteiger partial charge < -0.3 is 4.74 Å². The number of carbonyl (C=O) groups excluding carboxylic acids is 2. The number of rotatable bonds is 4. The van der Waals surface area contributed by atoms with Gasteiger partial charge in [0.2, 0.25) is 0 Å². The van der Waals surface area contributed by atoms with E-state index in [9.17, 15) is 9.59 Å². The van der Waals surface area contributed by atoms with Crippen LogP contribution in [-0.4, -0.2) is 23.5 Å². The Kier molecular flexibility index (Phi) is 8.45. The summed E-state index contributed by atoms with van der Waals surface area (Å²) in [5.74, 6) is -0.240. The fraction of sp³-hybridized carbons (Fsp3) is 0.118. The van der Waals surface area contributed by atoms with Gasteiger partial charge in [-0.25, -0.2) is 0 Å². The molecule has 3 N–H and O–H groups in total. The molecule has 0 fully saturated rings. The second-order valence-electron chi connectivity index (χ2n) is 5.26. The molecule has 0 heterocycles. The first kappa shape index (κ1) is 22.1. The topological polar surface area (TPSA) is 79.5 Å². The summed E-state index contributed by atoms with van der Waals surface area (Å²) < 4.78 is 7.96. The largest absolute Gasteiger partial charge is 0.482 e. The Morgan fingerprint density at radius 2 is 1.89 bits per heavy atom. The maximum absolute atomic E-state index is 12.1. The van der Waals surface area contributed by atoms with Crippen molar-refractivity contribution in [3.8, 4) is 5.75 Å². The van der Waals surface area contributed by atoms with E-state index in [0.29, 0.717) is 11.3 Å². The Labute approximate surface area is 192 Å². The summed E-state index contributed by atoms with van der Waals surface area (Å²) in [5.41, 5.74) is 6.22. The van der Waals surface area contributed by atoms with E-state index >= 15 is 0 Å². The number of hydrogen-bond acceptors (Lipinski definition) is 4. The van der Waals surface area contributed by atoms with E-state index in [1.807, 2.05) is 31.2 Å². The first-order chi connectivity index (χ1) is 12.8. The molecule has 0 aliphatic rings. The van der Waals surface area contributed by atoms with Crippen LogP contribution in [0.25, 0.3) is 0 Å². The molecular formula is C17H14Br2IN3O3S. The molecule has 0 unspecified atom stereocenters. The fourth-order valence-electron chi connectivity index (χ4n) is 2.02. The van der Waals surface area contributed by atoms with Crippen molar-refractivity contribution in [2.24, 2.45) is 0 Å². The monoisotopic (exact) mass is 625 g/mol. The minimum atomic E-state index is -0.449. The lowest BCUT2D eigenvalue weighted by Gasteiger charge is -2.13. The molecule has 0 atom stereocenters. The average Bonchev–Trinajstić information content (AvgIpc) is 2.59. The lowest BCUT2D eigenvalue weighted by atomic mass is 10.2. The van der Waals surface area contributed by atoms with E-state index in [0.717, 1.165) is 18.1 Å². The van der Waals surface area contributed by atoms with Crippen molar-refractivity contribution in [1.82, 2.24) is 16.2 Å². The molecule has 2 aromatic rings. The quantitative estimate of drug-likeness (QED) is 0.273. The third-order valence-electron chi connectivity index (χ3n) is 3.20. The third-order valence-corrected chi connectivity index (χ3v) is 5.39. The van der Waals surface area contributed by atoms with Crippen molar-refractivity contribution in [2.75, 3.05) is 6.61 Å². The van der Waals surface area contributed by atoms with Crippen LogP contribution in [0.1, 0.15) is 15.9 Å². The van der Waals surface area contributed by atoms with E-state index < -0.39 is 5.91 Å². The summed E-state index contributed by atoms with van der Waals surface area (Å²) in [4.78, 5) is 24.1. The number of hydrogen-bond donors (Lipinski definition) is 3. The highest BCUT2D eigenvalue weighted by atomic mass is 127. The molecule has 0 saturated carbocycles. The van der Waals surface area contributed by atoms with Gasteiger partial charge in [-0.2, -0.15) is 0 Å². The van der Waals surface area contributed by atoms with Gasteiger partial charge in [0.15, 0.2) is 11.7 Å². The molecule has 2 amide bonds. The summed E-state index contributed by atoms with van der Waals surface area (Å²) in [6, 6.07) is 10.8. The van der Waals surface area contributed by atoms with Crippen molar-refractivity contribution >= 4 is 83.6 Å². The van der Waals surface area contributed by atoms with E-state index in [4.69, 9.17) is 17.0 Å². The summed E-state index contributed by atoms with van der Waals surface area (Å²) in [7, 11) is 0. The van der Waals surface area contributed by atoms with Crippen LogP contribution >= 0.6 is 66.7 Å². The minimum absolute atomic E-state index is 0.0194. The number of aryl methyl sites for hydroxylation is 1. The van der Waals surface area contributed by atoms with Crippen molar-refractivity contribution in [3.63, 3.8) is 0 Å². The van der Waals surface area contributed by atoms with E-state index in [1.54, 1.807) is 12.1 Å². The molecule has 0 aromatic heterocycles. The molecular weight excluding hydrogens is 613 g/mol. The number of hydrazine groups is 1. The minimum Gasteiger partial charge on any atom is -0.482 e. The predicted octanol–water partition coefficient (Wildman–Crippen LogP) is 3.84. The number of halogens is 3. The first-order valence-corrected chi connectivity index (χ1v) is 10.6. The smallest absolute Gasteiger partial charge is 0.276 e. The van der Waals surface area contributed by atoms with Gasteiger partial charge in [0.05, 0.1) is 10.0 Å². The molecule has 10 heteroatoms. The molecule has 6 nitrogen and oxygen atoms in total. The van der Waals surface area contributed by atoms with Crippen LogP contribution in [0.3, 0.4) is 0 Å². The van der Waals surface area contributed by atoms with Crippen molar-refractivity contribution in [3.05, 3.63) is 60.0 Å². The van der Waals surface area contributed by atoms with E-state index in [2.05, 4.69) is 70.6 Å². The van der Waals surface area contributed by atoms with Gasteiger partial charge in [0.25, 0.3) is 11.8 Å². The zero-order valence-corrected chi connectivity index (χ0v) is 20.1. The van der Waals surface area contributed by atoms with Gasteiger partial charge in [-0.1, -0.05) is 28.1 Å². The molecule has 0 radical (unpaired) electrons. The Morgan fingerprint density at radius 1 is 1.19 bits per heavy atom. The highest BCUT2D eigenvalue weighted by Gasteiger charge is 2.12. The molecule has 2 rings (SSSR count). The normalized spacial score (nSPS) is 10.1. The third kappa shape index (κ3) is 6.70. The van der Waals surface area contributed by atoms with Gasteiger partial charge in [-0.15, -0.1) is 0 Å². The second kappa shape index (κ2) is 10.3. The molecule has 0 spiro atoms. The number of amides is 2. The van der Waals surface area contributed by atoms with Crippen molar-refractivity contribution < 1.29 is 14.3 Å². The molecule has 0 saturated heterocycles. The Hall–Kier alpha value is -1.24. The van der Waals surface area contributed by atoms with Gasteiger partial charge in [-0.3, -0.25) is 25.8 Å². The maximum Gasteiger partial charge on any atom is 0.276 e. The molecule has 0 aliphatic heterocycles. The molecule has 142 valence electrons. The van der Waals surface area contributed by atoms with Crippen LogP contribution in [0.5, 0.6) is 5.75 Å². The number of ether oxygens (including phenoxy) is 1. The zero-order valence-electron chi connectivity index (χ0n) is 13.9. The average molecular weight is 627 g/mol. The Balaban J connectivity index is 1.81. The van der Waals surface area contributed by atoms with Gasteiger partial charge in [0, 0.05) is 8.04 Å². The highest BCUT2D eigenvalue weighted by molar-refractivity contribution is 14.1. The number of nitrogens with one attached hydrogen (secondary N) is 3. The zero-order chi connectivity index (χ0) is 20.0. The summed E-state index contributed by atoms with van der Waals surface area (Å²) in [6.45, 7) is 1.65. The molecule has 2 aromatic carbocycles. The first-order valence-electron chi connectivity index (χ1n) is 7.51. The van der Waals surface area contributed by atoms with Crippen molar-refractivity contribution in [1.29, 1.82) is 0 Å². The van der Waals surface area contributed by atoms with Gasteiger partial charge in [0.1, 0.15) is 5.75 Å². The van der Waals surface area contributed by atoms with Gasteiger partial charge in [-0.05, 0) is 87.5 Å². The fourth-order valence-corrected chi connectivity index (χ4v) is 4.35. The predicted molar refractivity (Wildman–Crippen MR) is 123 cm³/mol. The second-order valence-corrected chi connectivity index (χ2v) is 8.60. The highest BCUT2D eigenvalue weighted by Crippen LogP contribution is 2.32. The Bertz CT molecular complexity index is 872. The van der Waals surface area contributed by atoms with Crippen LogP contribution < -0.4 is 20.9 Å². The SMILES string of the molecule is Cc1cc(Br)cc(Br)c1OCC(=O)NNC(=S)NC(=O)c1ccccc1I. The van der Waals surface area contributed by atoms with Crippen LogP contribution in [0.4, 0.5) is 0 Å². The molecule has 0 bridgehead atoms. The molecule has 0 aliphatic carbocycles. The van der Waals surface area contributed by atoms with Crippen LogP contribution in [0, 0.1) is 10.5 Å². The number of benzene rings is 2. The maximum atomic E-state index is 12.1. The summed E-state index contributed by atoms with van der Waals surface area (Å²) in [5, 5.41) is 2.48. The lowest BCUT2D eigenvalue weighted by molar-refractivity contribution is -0.123. The van der Waals surface area contributed by atoms with Crippen LogP contribution in [-0.2, 0) is 4.79 Å². The van der Waals surface area contributed by atoms with Gasteiger partial charge >= 0.3 is 0 Å². The van der Waals surface area contributed by atoms with Crippen LogP contribution in [0.15, 0.2) is 45.3 Å². The van der Waals surface area contributed by atoms with Crippen molar-refractivity contribution in [2.45, 2.75) is 6.92 Å². The summed E-state index contributed by atoms with van der Waals surface area (Å²) in [6.07, 6.45) is 0. The van der Waals surface area contributed by atoms with E-state index in [1.165, 1.54) is 0 Å². The summed E-state index contributed by atoms with van der Waals surface area (Å²) >= 11 is 13.9. The van der Waals surface area contributed by atoms with E-state index in [-0.39, 0.29) is 17.6 Å². The standard InChI is InChI=1S/C17H14Br2IN3O3S/c1-9-6-10(18)7-12(19)15(9)26-8-14(24)22-23-17(27)21-16(25)11-4-2-3-5-13(11)20/h2-7H,8H2,1H3,(H,22,24)(H2,21,23,25,27). The molecule has 27 heavy (non-hydrogen) atoms.